The highest BCUT2D eigenvalue weighted by Gasteiger charge is 2.26. The molecule has 0 bridgehead atoms. The molecule has 1 aliphatic rings. The van der Waals surface area contributed by atoms with Crippen LogP contribution in [0.15, 0.2) is 24.8 Å². The summed E-state index contributed by atoms with van der Waals surface area (Å²) in [5.41, 5.74) is 1.67. The molecule has 1 aliphatic heterocycles. The van der Waals surface area contributed by atoms with Crippen molar-refractivity contribution in [1.82, 2.24) is 24.2 Å². The molecule has 0 saturated carbocycles. The van der Waals surface area contributed by atoms with E-state index in [1.165, 1.54) is 12.6 Å². The van der Waals surface area contributed by atoms with E-state index < -0.39 is 10.0 Å². The Balaban J connectivity index is 1.72. The van der Waals surface area contributed by atoms with Crippen LogP contribution in [0.5, 0.6) is 0 Å². The fourth-order valence-corrected chi connectivity index (χ4v) is 3.78. The summed E-state index contributed by atoms with van der Waals surface area (Å²) in [7, 11) is -3.11. The molecule has 0 aliphatic carbocycles. The number of aromatic amines is 1. The van der Waals surface area contributed by atoms with E-state index in [4.69, 9.17) is 0 Å². The Morgan fingerprint density at radius 1 is 1.36 bits per heavy atom. The number of sulfonamides is 1. The van der Waals surface area contributed by atoms with Gasteiger partial charge in [0.2, 0.25) is 10.0 Å². The van der Waals surface area contributed by atoms with Gasteiger partial charge in [0.25, 0.3) is 0 Å². The molecular weight excluding hydrogens is 302 g/mol. The summed E-state index contributed by atoms with van der Waals surface area (Å²) in [4.78, 5) is 15.7. The van der Waals surface area contributed by atoms with E-state index in [0.29, 0.717) is 24.8 Å². The van der Waals surface area contributed by atoms with E-state index in [0.717, 1.165) is 30.7 Å². The second-order valence-corrected chi connectivity index (χ2v) is 7.65. The minimum Gasteiger partial charge on any atom is -0.343 e. The minimum absolute atomic E-state index is 0.294. The smallest absolute Gasteiger partial charge is 0.211 e. The molecule has 118 valence electrons. The van der Waals surface area contributed by atoms with Crippen LogP contribution in [-0.4, -0.2) is 52.0 Å². The van der Waals surface area contributed by atoms with Crippen molar-refractivity contribution in [2.75, 3.05) is 19.3 Å². The maximum atomic E-state index is 11.7. The molecule has 1 atom stereocenters. The lowest BCUT2D eigenvalue weighted by molar-refractivity contribution is 0.265. The number of piperidine rings is 1. The number of aromatic nitrogens is 4. The molecule has 7 nitrogen and oxygen atoms in total. The Kier molecular flexibility index (Phi) is 4.21. The van der Waals surface area contributed by atoms with Crippen LogP contribution in [-0.2, 0) is 16.4 Å². The van der Waals surface area contributed by atoms with Gasteiger partial charge >= 0.3 is 0 Å². The first-order valence-electron chi connectivity index (χ1n) is 7.28. The summed E-state index contributed by atoms with van der Waals surface area (Å²) in [5.74, 6) is 1.01. The fourth-order valence-electron chi connectivity index (χ4n) is 2.83. The largest absolute Gasteiger partial charge is 0.343 e. The van der Waals surface area contributed by atoms with Crippen molar-refractivity contribution < 1.29 is 8.42 Å². The van der Waals surface area contributed by atoms with Crippen LogP contribution in [0.4, 0.5) is 0 Å². The summed E-state index contributed by atoms with van der Waals surface area (Å²) in [6.45, 7) is 1.19. The lowest BCUT2D eigenvalue weighted by Crippen LogP contribution is -2.39. The summed E-state index contributed by atoms with van der Waals surface area (Å²) >= 11 is 0. The highest BCUT2D eigenvalue weighted by Crippen LogP contribution is 2.22. The molecule has 3 rings (SSSR count). The van der Waals surface area contributed by atoms with Crippen molar-refractivity contribution >= 4 is 10.0 Å². The number of nitrogens with one attached hydrogen (secondary N) is 1. The Morgan fingerprint density at radius 2 is 2.23 bits per heavy atom. The predicted octanol–water partition coefficient (Wildman–Crippen LogP) is 1.08. The average molecular weight is 321 g/mol. The van der Waals surface area contributed by atoms with Crippen molar-refractivity contribution in [1.29, 1.82) is 0 Å². The molecule has 1 N–H and O–H groups in total. The minimum atomic E-state index is -3.11. The molecule has 2 aromatic rings. The van der Waals surface area contributed by atoms with E-state index >= 15 is 0 Å². The van der Waals surface area contributed by atoms with Gasteiger partial charge in [-0.1, -0.05) is 0 Å². The summed E-state index contributed by atoms with van der Waals surface area (Å²) in [6, 6.07) is 1.91. The van der Waals surface area contributed by atoms with Gasteiger partial charge in [0.1, 0.15) is 12.0 Å². The second-order valence-electron chi connectivity index (χ2n) is 5.67. The van der Waals surface area contributed by atoms with Gasteiger partial charge in [-0.25, -0.2) is 27.7 Å². The zero-order valence-electron chi connectivity index (χ0n) is 12.4. The summed E-state index contributed by atoms with van der Waals surface area (Å²) in [5, 5.41) is 0. The lowest BCUT2D eigenvalue weighted by Gasteiger charge is -2.30. The first-order chi connectivity index (χ1) is 10.5. The van der Waals surface area contributed by atoms with Crippen molar-refractivity contribution in [3.63, 3.8) is 0 Å². The van der Waals surface area contributed by atoms with Gasteiger partial charge in [-0.05, 0) is 31.2 Å². The fraction of sp³-hybridized carbons (Fsp3) is 0.500. The molecule has 0 spiro atoms. The maximum Gasteiger partial charge on any atom is 0.211 e. The van der Waals surface area contributed by atoms with E-state index in [-0.39, 0.29) is 0 Å². The molecule has 0 aromatic carbocycles. The van der Waals surface area contributed by atoms with Crippen molar-refractivity contribution in [3.8, 4) is 11.5 Å². The molecule has 1 saturated heterocycles. The zero-order chi connectivity index (χ0) is 15.6. The van der Waals surface area contributed by atoms with Crippen LogP contribution >= 0.6 is 0 Å². The topological polar surface area (TPSA) is 91.8 Å². The SMILES string of the molecule is CS(=O)(=O)N1CCCC(Cc2cc(-c3ncc[nH]3)ncn2)C1. The molecule has 22 heavy (non-hydrogen) atoms. The predicted molar refractivity (Wildman–Crippen MR) is 82.5 cm³/mol. The van der Waals surface area contributed by atoms with Crippen molar-refractivity contribution in [3.05, 3.63) is 30.5 Å². The maximum absolute atomic E-state index is 11.7. The molecule has 0 amide bonds. The third kappa shape index (κ3) is 3.50. The van der Waals surface area contributed by atoms with Gasteiger partial charge in [0.15, 0.2) is 5.82 Å². The molecule has 1 fully saturated rings. The average Bonchev–Trinajstić information content (AvgIpc) is 3.01. The summed E-state index contributed by atoms with van der Waals surface area (Å²) < 4.78 is 24.9. The van der Waals surface area contributed by atoms with Gasteiger partial charge in [-0.2, -0.15) is 0 Å². The molecular formula is C14H19N5O2S. The second kappa shape index (κ2) is 6.13. The molecule has 2 aromatic heterocycles. The summed E-state index contributed by atoms with van der Waals surface area (Å²) in [6.07, 6.45) is 8.91. The Labute approximate surface area is 129 Å². The molecule has 1 unspecified atom stereocenters. The van der Waals surface area contributed by atoms with Gasteiger partial charge in [0.05, 0.1) is 6.26 Å². The quantitative estimate of drug-likeness (QED) is 0.910. The van der Waals surface area contributed by atoms with Crippen LogP contribution in [0.1, 0.15) is 18.5 Å². The molecule has 8 heteroatoms. The Morgan fingerprint density at radius 3 is 2.95 bits per heavy atom. The number of hydrogen-bond donors (Lipinski definition) is 1. The number of H-pyrrole nitrogens is 1. The van der Waals surface area contributed by atoms with Crippen LogP contribution in [0, 0.1) is 5.92 Å². The van der Waals surface area contributed by atoms with Crippen molar-refractivity contribution in [2.24, 2.45) is 5.92 Å². The Hall–Kier alpha value is -1.80. The highest BCUT2D eigenvalue weighted by molar-refractivity contribution is 7.88. The Bertz CT molecular complexity index is 729. The van der Waals surface area contributed by atoms with Crippen molar-refractivity contribution in [2.45, 2.75) is 19.3 Å². The van der Waals surface area contributed by atoms with Gasteiger partial charge in [0, 0.05) is 31.2 Å². The monoisotopic (exact) mass is 321 g/mol. The third-order valence-corrected chi connectivity index (χ3v) is 5.18. The first-order valence-corrected chi connectivity index (χ1v) is 9.13. The normalized spacial score (nSPS) is 20.1. The lowest BCUT2D eigenvalue weighted by atomic mass is 9.94. The van der Waals surface area contributed by atoms with E-state index in [9.17, 15) is 8.42 Å². The van der Waals surface area contributed by atoms with Crippen LogP contribution in [0.25, 0.3) is 11.5 Å². The number of hydrogen-bond acceptors (Lipinski definition) is 5. The van der Waals surface area contributed by atoms with Crippen LogP contribution < -0.4 is 0 Å². The van der Waals surface area contributed by atoms with Crippen LogP contribution in [0.2, 0.25) is 0 Å². The molecule has 0 radical (unpaired) electrons. The number of rotatable bonds is 4. The van der Waals surface area contributed by atoms with E-state index in [1.54, 1.807) is 16.7 Å². The van der Waals surface area contributed by atoms with Gasteiger partial charge < -0.3 is 4.98 Å². The first kappa shape index (κ1) is 15.1. The number of imidazole rings is 1. The third-order valence-electron chi connectivity index (χ3n) is 3.91. The zero-order valence-corrected chi connectivity index (χ0v) is 13.3. The highest BCUT2D eigenvalue weighted by atomic mass is 32.2. The van der Waals surface area contributed by atoms with E-state index in [2.05, 4.69) is 19.9 Å². The van der Waals surface area contributed by atoms with Gasteiger partial charge in [-0.3, -0.25) is 0 Å². The standard InChI is InChI=1S/C14H19N5O2S/c1-22(20,21)19-6-2-3-11(9-19)7-12-8-13(18-10-17-12)14-15-4-5-16-14/h4-5,8,10-11H,2-3,6-7,9H2,1H3,(H,15,16). The van der Waals surface area contributed by atoms with Crippen LogP contribution in [0.3, 0.4) is 0 Å². The van der Waals surface area contributed by atoms with Gasteiger partial charge in [-0.15, -0.1) is 0 Å². The number of nitrogens with zero attached hydrogens (tertiary/aromatic N) is 4. The molecule has 3 heterocycles. The van der Waals surface area contributed by atoms with E-state index in [1.807, 2.05) is 6.07 Å².